The Morgan fingerprint density at radius 3 is 2.39 bits per heavy atom. The van der Waals surface area contributed by atoms with Gasteiger partial charge in [0.15, 0.2) is 15.1 Å². The summed E-state index contributed by atoms with van der Waals surface area (Å²) in [7, 11) is -1.56. The van der Waals surface area contributed by atoms with Gasteiger partial charge in [-0.2, -0.15) is 0 Å². The first-order valence-electron chi connectivity index (χ1n) is 10.6. The van der Waals surface area contributed by atoms with Crippen molar-refractivity contribution >= 4 is 26.9 Å². The van der Waals surface area contributed by atoms with E-state index in [9.17, 15) is 19.6 Å². The highest BCUT2D eigenvalue weighted by Crippen LogP contribution is 2.29. The average Bonchev–Trinajstić information content (AvgIpc) is 2.93. The van der Waals surface area contributed by atoms with E-state index in [1.54, 1.807) is 0 Å². The van der Waals surface area contributed by atoms with Crippen molar-refractivity contribution in [2.45, 2.75) is 70.3 Å². The molecule has 0 radical (unpaired) electrons. The molecule has 3 rings (SSSR count). The molecule has 0 saturated carbocycles. The van der Waals surface area contributed by atoms with Crippen LogP contribution in [0.1, 0.15) is 50.8 Å². The van der Waals surface area contributed by atoms with Crippen LogP contribution in [0.15, 0.2) is 24.3 Å². The molecule has 0 aromatic heterocycles. The van der Waals surface area contributed by atoms with Crippen molar-refractivity contribution in [2.75, 3.05) is 6.54 Å². The van der Waals surface area contributed by atoms with E-state index >= 15 is 0 Å². The van der Waals surface area contributed by atoms with Gasteiger partial charge in [-0.3, -0.25) is 25.6 Å². The zero-order valence-corrected chi connectivity index (χ0v) is 19.9. The fourth-order valence-electron chi connectivity index (χ4n) is 3.92. The van der Waals surface area contributed by atoms with Gasteiger partial charge in [0.25, 0.3) is 11.8 Å². The molecule has 2 aliphatic heterocycles. The fourth-order valence-corrected chi connectivity index (χ4v) is 4.74. The van der Waals surface area contributed by atoms with Crippen molar-refractivity contribution in [1.29, 1.82) is 0 Å². The lowest BCUT2D eigenvalue weighted by molar-refractivity contribution is -0.135. The highest BCUT2D eigenvalue weighted by molar-refractivity contribution is 6.48. The third-order valence-corrected chi connectivity index (χ3v) is 6.50. The lowest BCUT2D eigenvalue weighted by Gasteiger charge is -2.29. The predicted octanol–water partition coefficient (Wildman–Crippen LogP) is 1.83. The molecule has 2 aliphatic rings. The van der Waals surface area contributed by atoms with Crippen LogP contribution in [0.2, 0.25) is 13.1 Å². The first kappa shape index (κ1) is 23.2. The van der Waals surface area contributed by atoms with Crippen molar-refractivity contribution in [3.8, 4) is 0 Å². The number of hydrogen-bond donors (Lipinski definition) is 3. The molecule has 1 aromatic rings. The third kappa shape index (κ3) is 5.08. The number of hydroxylamine groups is 2. The molecule has 2 fully saturated rings. The van der Waals surface area contributed by atoms with Gasteiger partial charge in [0.05, 0.1) is 6.04 Å². The van der Waals surface area contributed by atoms with E-state index in [2.05, 4.69) is 31.6 Å². The molecular formula is C21H32N4O5Si. The highest BCUT2D eigenvalue weighted by atomic mass is 28.3. The monoisotopic (exact) mass is 448 g/mol. The average molecular weight is 449 g/mol. The molecule has 2 bridgehead atoms. The van der Waals surface area contributed by atoms with Crippen LogP contribution in [0.5, 0.6) is 0 Å². The van der Waals surface area contributed by atoms with E-state index in [-0.39, 0.29) is 11.5 Å². The Labute approximate surface area is 184 Å². The van der Waals surface area contributed by atoms with Crippen LogP contribution in [0.3, 0.4) is 0 Å². The van der Waals surface area contributed by atoms with E-state index in [0.717, 1.165) is 5.56 Å². The Morgan fingerprint density at radius 2 is 1.81 bits per heavy atom. The molecule has 170 valence electrons. The third-order valence-electron chi connectivity index (χ3n) is 5.68. The Morgan fingerprint density at radius 1 is 1.16 bits per heavy atom. The van der Waals surface area contributed by atoms with E-state index in [1.165, 1.54) is 4.90 Å². The van der Waals surface area contributed by atoms with E-state index in [1.807, 2.05) is 37.4 Å². The number of rotatable bonds is 5. The second-order valence-electron chi connectivity index (χ2n) is 9.44. The standard InChI is InChI=1S/C21H32N4O5Si/c1-21(2,3)14-8-6-13(7-9-14)17(30-31(4)5)19(27)23-22-18(26)16-11-10-15-12-24(16)20(28)25(15)29/h6-9,15-17,29,31H,10-12H2,1-5H3,(H,22,26)(H,23,27)/t15-,16+,17?/m1/s1. The molecule has 10 heteroatoms. The summed E-state index contributed by atoms with van der Waals surface area (Å²) in [5.74, 6) is -0.956. The summed E-state index contributed by atoms with van der Waals surface area (Å²) in [4.78, 5) is 38.9. The first-order valence-corrected chi connectivity index (χ1v) is 13.4. The summed E-state index contributed by atoms with van der Waals surface area (Å²) < 4.78 is 5.95. The Hall–Kier alpha value is -2.43. The molecule has 0 aliphatic carbocycles. The largest absolute Gasteiger partial charge is 0.405 e. The minimum Gasteiger partial charge on any atom is -0.405 e. The molecule has 3 N–H and O–H groups in total. The lowest BCUT2D eigenvalue weighted by Crippen LogP contribution is -2.55. The summed E-state index contributed by atoms with van der Waals surface area (Å²) in [5.41, 5.74) is 6.75. The summed E-state index contributed by atoms with van der Waals surface area (Å²) >= 11 is 0. The van der Waals surface area contributed by atoms with Crippen LogP contribution < -0.4 is 10.9 Å². The topological polar surface area (TPSA) is 111 Å². The van der Waals surface area contributed by atoms with Crippen LogP contribution in [0, 0.1) is 0 Å². The molecule has 9 nitrogen and oxygen atoms in total. The number of urea groups is 1. The SMILES string of the molecule is C[SiH](C)OC(C(=O)NNC(=O)[C@@H]1CC[C@@H]2CN1C(=O)N2O)c1ccc(C(C)(C)C)cc1. The fraction of sp³-hybridized carbons (Fsp3) is 0.571. The molecule has 2 saturated heterocycles. The summed E-state index contributed by atoms with van der Waals surface area (Å²) in [5, 5.41) is 10.5. The van der Waals surface area contributed by atoms with Crippen molar-refractivity contribution in [1.82, 2.24) is 20.8 Å². The van der Waals surface area contributed by atoms with Crippen molar-refractivity contribution < 1.29 is 24.0 Å². The van der Waals surface area contributed by atoms with Gasteiger partial charge in [0.2, 0.25) is 0 Å². The maximum atomic E-state index is 12.9. The number of nitrogens with zero attached hydrogens (tertiary/aromatic N) is 2. The number of benzene rings is 1. The van der Waals surface area contributed by atoms with Crippen LogP contribution in [-0.2, 0) is 19.4 Å². The van der Waals surface area contributed by atoms with Gasteiger partial charge in [-0.25, -0.2) is 9.86 Å². The normalized spacial score (nSPS) is 22.0. The Balaban J connectivity index is 1.66. The molecule has 4 amide bonds. The zero-order chi connectivity index (χ0) is 22.9. The number of amides is 4. The van der Waals surface area contributed by atoms with Gasteiger partial charge < -0.3 is 9.33 Å². The minimum absolute atomic E-state index is 0.00588. The Kier molecular flexibility index (Phi) is 6.72. The number of piperidine rings is 1. The predicted molar refractivity (Wildman–Crippen MR) is 117 cm³/mol. The van der Waals surface area contributed by atoms with Gasteiger partial charge in [-0.05, 0) is 42.5 Å². The van der Waals surface area contributed by atoms with E-state index in [0.29, 0.717) is 30.0 Å². The maximum Gasteiger partial charge on any atom is 0.344 e. The molecule has 2 heterocycles. The summed E-state index contributed by atoms with van der Waals surface area (Å²) in [6.07, 6.45) is 0.107. The summed E-state index contributed by atoms with van der Waals surface area (Å²) in [6, 6.07) is 6.13. The molecule has 3 atom stereocenters. The quantitative estimate of drug-likeness (QED) is 0.362. The smallest absolute Gasteiger partial charge is 0.344 e. The van der Waals surface area contributed by atoms with Gasteiger partial charge in [-0.1, -0.05) is 45.0 Å². The molecule has 31 heavy (non-hydrogen) atoms. The van der Waals surface area contributed by atoms with E-state index < -0.39 is 39.0 Å². The van der Waals surface area contributed by atoms with E-state index in [4.69, 9.17) is 4.43 Å². The van der Waals surface area contributed by atoms with Crippen LogP contribution in [-0.4, -0.2) is 60.7 Å². The van der Waals surface area contributed by atoms with Crippen LogP contribution >= 0.6 is 0 Å². The second-order valence-corrected chi connectivity index (χ2v) is 11.8. The number of hydrazine groups is 1. The van der Waals surface area contributed by atoms with Crippen LogP contribution in [0.4, 0.5) is 4.79 Å². The molecule has 1 aromatic carbocycles. The lowest BCUT2D eigenvalue weighted by atomic mass is 9.86. The van der Waals surface area contributed by atoms with Crippen molar-refractivity contribution in [3.05, 3.63) is 35.4 Å². The number of fused-ring (bicyclic) bond motifs is 2. The first-order chi connectivity index (χ1) is 14.5. The highest BCUT2D eigenvalue weighted by Gasteiger charge is 2.46. The van der Waals surface area contributed by atoms with Crippen molar-refractivity contribution in [3.63, 3.8) is 0 Å². The van der Waals surface area contributed by atoms with Crippen LogP contribution in [0.25, 0.3) is 0 Å². The minimum atomic E-state index is -1.56. The Bertz CT molecular complexity index is 839. The number of carbonyl (C=O) groups is 3. The molecular weight excluding hydrogens is 416 g/mol. The van der Waals surface area contributed by atoms with Gasteiger partial charge in [0.1, 0.15) is 6.04 Å². The van der Waals surface area contributed by atoms with Crippen molar-refractivity contribution in [2.24, 2.45) is 0 Å². The number of nitrogens with one attached hydrogen (secondary N) is 2. The second kappa shape index (κ2) is 8.97. The maximum absolute atomic E-state index is 12.9. The molecule has 1 unspecified atom stereocenters. The zero-order valence-electron chi connectivity index (χ0n) is 18.7. The van der Waals surface area contributed by atoms with Gasteiger partial charge in [0, 0.05) is 6.54 Å². The number of hydrogen-bond acceptors (Lipinski definition) is 5. The van der Waals surface area contributed by atoms with Gasteiger partial charge >= 0.3 is 6.03 Å². The summed E-state index contributed by atoms with van der Waals surface area (Å²) in [6.45, 7) is 10.6. The molecule has 0 spiro atoms. The van der Waals surface area contributed by atoms with Gasteiger partial charge in [-0.15, -0.1) is 0 Å². The number of carbonyl (C=O) groups excluding carboxylic acids is 3.